The van der Waals surface area contributed by atoms with Gasteiger partial charge < -0.3 is 10.4 Å². The van der Waals surface area contributed by atoms with Crippen LogP contribution in [0.3, 0.4) is 0 Å². The van der Waals surface area contributed by atoms with Crippen molar-refractivity contribution in [3.05, 3.63) is 0 Å². The number of aliphatic hydroxyl groups is 1. The van der Waals surface area contributed by atoms with Gasteiger partial charge in [0.05, 0.1) is 6.10 Å². The summed E-state index contributed by atoms with van der Waals surface area (Å²) >= 11 is 0. The third-order valence-electron chi connectivity index (χ3n) is 2.43. The van der Waals surface area contributed by atoms with Crippen molar-refractivity contribution in [2.45, 2.75) is 31.8 Å². The van der Waals surface area contributed by atoms with Crippen LogP contribution in [0.5, 0.6) is 0 Å². The minimum atomic E-state index is -0.741. The van der Waals surface area contributed by atoms with E-state index in [2.05, 4.69) is 5.32 Å². The van der Waals surface area contributed by atoms with Crippen LogP contribution in [-0.2, 0) is 0 Å². The maximum absolute atomic E-state index is 12.0. The molecule has 2 nitrogen and oxygen atoms in total. The lowest BCUT2D eigenvalue weighted by molar-refractivity contribution is 0.111. The van der Waals surface area contributed by atoms with Crippen molar-refractivity contribution in [2.75, 3.05) is 19.8 Å². The van der Waals surface area contributed by atoms with Crippen molar-refractivity contribution < 1.29 is 9.50 Å². The van der Waals surface area contributed by atoms with Crippen molar-refractivity contribution in [3.63, 3.8) is 0 Å². The maximum Gasteiger partial charge on any atom is 0.115 e. The normalized spacial score (nSPS) is 28.0. The molecule has 0 radical (unpaired) electrons. The van der Waals surface area contributed by atoms with Crippen LogP contribution in [-0.4, -0.2) is 31.0 Å². The van der Waals surface area contributed by atoms with Crippen LogP contribution in [0.2, 0.25) is 0 Å². The van der Waals surface area contributed by atoms with E-state index in [1.165, 1.54) is 12.8 Å². The summed E-state index contributed by atoms with van der Waals surface area (Å²) in [6, 6.07) is 0. The molecule has 12 heavy (non-hydrogen) atoms. The van der Waals surface area contributed by atoms with Crippen LogP contribution >= 0.6 is 0 Å². The van der Waals surface area contributed by atoms with Gasteiger partial charge in [-0.2, -0.15) is 0 Å². The maximum atomic E-state index is 12.0. The SMILES string of the molecule is OC(CF)CC1CCCCNC1. The minimum Gasteiger partial charge on any atom is -0.390 e. The van der Waals surface area contributed by atoms with Crippen molar-refractivity contribution >= 4 is 0 Å². The van der Waals surface area contributed by atoms with Gasteiger partial charge in [0.25, 0.3) is 0 Å². The van der Waals surface area contributed by atoms with E-state index in [1.807, 2.05) is 0 Å². The molecule has 0 aromatic heterocycles. The molecule has 1 saturated heterocycles. The van der Waals surface area contributed by atoms with Gasteiger partial charge in [-0.15, -0.1) is 0 Å². The highest BCUT2D eigenvalue weighted by atomic mass is 19.1. The highest BCUT2D eigenvalue weighted by Crippen LogP contribution is 2.16. The van der Waals surface area contributed by atoms with E-state index < -0.39 is 12.8 Å². The fourth-order valence-corrected chi connectivity index (χ4v) is 1.74. The summed E-state index contributed by atoms with van der Waals surface area (Å²) in [6.07, 6.45) is 3.42. The minimum absolute atomic E-state index is 0.471. The van der Waals surface area contributed by atoms with E-state index >= 15 is 0 Å². The van der Waals surface area contributed by atoms with Crippen LogP contribution in [0.15, 0.2) is 0 Å². The molecule has 0 bridgehead atoms. The lowest BCUT2D eigenvalue weighted by atomic mass is 9.97. The monoisotopic (exact) mass is 175 g/mol. The van der Waals surface area contributed by atoms with Gasteiger partial charge >= 0.3 is 0 Å². The Balaban J connectivity index is 2.20. The van der Waals surface area contributed by atoms with E-state index in [0.29, 0.717) is 12.3 Å². The third-order valence-corrected chi connectivity index (χ3v) is 2.43. The molecular formula is C9H18FNO. The fourth-order valence-electron chi connectivity index (χ4n) is 1.74. The van der Waals surface area contributed by atoms with Gasteiger partial charge in [-0.05, 0) is 38.3 Å². The smallest absolute Gasteiger partial charge is 0.115 e. The van der Waals surface area contributed by atoms with Crippen LogP contribution < -0.4 is 5.32 Å². The largest absolute Gasteiger partial charge is 0.390 e. The molecule has 1 heterocycles. The summed E-state index contributed by atoms with van der Waals surface area (Å²) in [4.78, 5) is 0. The molecule has 2 atom stereocenters. The first-order chi connectivity index (χ1) is 5.83. The number of hydrogen-bond donors (Lipinski definition) is 2. The molecule has 1 fully saturated rings. The van der Waals surface area contributed by atoms with Gasteiger partial charge in [0, 0.05) is 0 Å². The second-order valence-electron chi connectivity index (χ2n) is 3.61. The Bertz CT molecular complexity index is 113. The number of hydrogen-bond acceptors (Lipinski definition) is 2. The highest BCUT2D eigenvalue weighted by Gasteiger charge is 2.15. The fraction of sp³-hybridized carbons (Fsp3) is 1.00. The Kier molecular flexibility index (Phi) is 4.54. The average Bonchev–Trinajstić information content (AvgIpc) is 2.33. The van der Waals surface area contributed by atoms with E-state index in [9.17, 15) is 4.39 Å². The molecule has 0 aromatic carbocycles. The number of aliphatic hydroxyl groups excluding tert-OH is 1. The van der Waals surface area contributed by atoms with Crippen molar-refractivity contribution in [3.8, 4) is 0 Å². The molecule has 2 unspecified atom stereocenters. The molecule has 0 aromatic rings. The molecule has 3 heteroatoms. The lowest BCUT2D eigenvalue weighted by Crippen LogP contribution is -2.24. The molecule has 0 aliphatic carbocycles. The van der Waals surface area contributed by atoms with Gasteiger partial charge in [-0.1, -0.05) is 6.42 Å². The van der Waals surface area contributed by atoms with E-state index in [1.54, 1.807) is 0 Å². The van der Waals surface area contributed by atoms with Gasteiger partial charge in [0.15, 0.2) is 0 Å². The first kappa shape index (κ1) is 9.93. The van der Waals surface area contributed by atoms with Crippen molar-refractivity contribution in [2.24, 2.45) is 5.92 Å². The van der Waals surface area contributed by atoms with E-state index in [0.717, 1.165) is 19.5 Å². The molecule has 0 spiro atoms. The molecule has 1 aliphatic heterocycles. The quantitative estimate of drug-likeness (QED) is 0.673. The highest BCUT2D eigenvalue weighted by molar-refractivity contribution is 4.70. The Morgan fingerprint density at radius 2 is 2.33 bits per heavy atom. The summed E-state index contributed by atoms with van der Waals surface area (Å²) in [5, 5.41) is 12.4. The summed E-state index contributed by atoms with van der Waals surface area (Å²) < 4.78 is 12.0. The number of alkyl halides is 1. The zero-order valence-corrected chi connectivity index (χ0v) is 7.43. The summed E-state index contributed by atoms with van der Waals surface area (Å²) in [6.45, 7) is 1.41. The zero-order valence-electron chi connectivity index (χ0n) is 7.43. The third kappa shape index (κ3) is 3.50. The molecule has 0 saturated carbocycles. The summed E-state index contributed by atoms with van der Waals surface area (Å²) in [5.74, 6) is 0.471. The van der Waals surface area contributed by atoms with Crippen molar-refractivity contribution in [1.82, 2.24) is 5.32 Å². The lowest BCUT2D eigenvalue weighted by Gasteiger charge is -2.16. The number of nitrogens with one attached hydrogen (secondary N) is 1. The van der Waals surface area contributed by atoms with E-state index in [-0.39, 0.29) is 0 Å². The number of rotatable bonds is 3. The topological polar surface area (TPSA) is 32.3 Å². The Morgan fingerprint density at radius 1 is 1.50 bits per heavy atom. The Morgan fingerprint density at radius 3 is 3.08 bits per heavy atom. The van der Waals surface area contributed by atoms with Crippen molar-refractivity contribution in [1.29, 1.82) is 0 Å². The molecule has 1 aliphatic rings. The predicted molar refractivity (Wildman–Crippen MR) is 46.8 cm³/mol. The van der Waals surface area contributed by atoms with Gasteiger partial charge in [-0.3, -0.25) is 0 Å². The first-order valence-corrected chi connectivity index (χ1v) is 4.77. The Hall–Kier alpha value is -0.150. The predicted octanol–water partition coefficient (Wildman–Crippen LogP) is 1.10. The van der Waals surface area contributed by atoms with Gasteiger partial charge in [0.1, 0.15) is 6.67 Å². The van der Waals surface area contributed by atoms with Crippen LogP contribution in [0.25, 0.3) is 0 Å². The second-order valence-corrected chi connectivity index (χ2v) is 3.61. The van der Waals surface area contributed by atoms with Crippen LogP contribution in [0, 0.1) is 5.92 Å². The van der Waals surface area contributed by atoms with E-state index in [4.69, 9.17) is 5.11 Å². The molecule has 2 N–H and O–H groups in total. The standard InChI is InChI=1S/C9H18FNO/c10-6-9(12)5-8-3-1-2-4-11-7-8/h8-9,11-12H,1-7H2. The molecular weight excluding hydrogens is 157 g/mol. The number of halogens is 1. The summed E-state index contributed by atoms with van der Waals surface area (Å²) in [5.41, 5.74) is 0. The average molecular weight is 175 g/mol. The zero-order chi connectivity index (χ0) is 8.81. The first-order valence-electron chi connectivity index (χ1n) is 4.77. The second kappa shape index (κ2) is 5.49. The van der Waals surface area contributed by atoms with Crippen LogP contribution in [0.1, 0.15) is 25.7 Å². The van der Waals surface area contributed by atoms with Gasteiger partial charge in [-0.25, -0.2) is 4.39 Å². The Labute approximate surface area is 73.2 Å². The van der Waals surface area contributed by atoms with Gasteiger partial charge in [0.2, 0.25) is 0 Å². The molecule has 72 valence electrons. The molecule has 0 amide bonds. The molecule has 1 rings (SSSR count). The van der Waals surface area contributed by atoms with Crippen LogP contribution in [0.4, 0.5) is 4.39 Å². The summed E-state index contributed by atoms with van der Waals surface area (Å²) in [7, 11) is 0.